The summed E-state index contributed by atoms with van der Waals surface area (Å²) >= 11 is 0. The topological polar surface area (TPSA) is 58.7 Å². The molecule has 5 heteroatoms. The van der Waals surface area contributed by atoms with Gasteiger partial charge in [0.15, 0.2) is 5.96 Å². The van der Waals surface area contributed by atoms with Crippen LogP contribution in [0.4, 0.5) is 4.39 Å². The molecule has 1 amide bonds. The van der Waals surface area contributed by atoms with E-state index in [1.165, 1.54) is 27.7 Å². The number of amides is 1. The number of hydrogen-bond donors (Lipinski definition) is 1. The molecule has 0 aromatic heterocycles. The number of halogens is 1. The van der Waals surface area contributed by atoms with Crippen molar-refractivity contribution in [1.82, 2.24) is 4.90 Å². The summed E-state index contributed by atoms with van der Waals surface area (Å²) < 4.78 is 15.2. The first-order valence-corrected chi connectivity index (χ1v) is 11.3. The van der Waals surface area contributed by atoms with Gasteiger partial charge in [-0.1, -0.05) is 49.7 Å². The van der Waals surface area contributed by atoms with Gasteiger partial charge in [-0.05, 0) is 74.6 Å². The Balaban J connectivity index is 1.76. The van der Waals surface area contributed by atoms with Gasteiger partial charge in [-0.25, -0.2) is 9.38 Å². The van der Waals surface area contributed by atoms with Gasteiger partial charge in [0.25, 0.3) is 0 Å². The summed E-state index contributed by atoms with van der Waals surface area (Å²) in [5.74, 6) is -0.0456. The van der Waals surface area contributed by atoms with E-state index in [1.807, 2.05) is 32.9 Å². The average molecular weight is 436 g/mol. The number of aryl methyl sites for hydroxylation is 1. The third-order valence-electron chi connectivity index (χ3n) is 7.91. The van der Waals surface area contributed by atoms with E-state index in [0.717, 1.165) is 18.4 Å². The number of carbonyl (C=O) groups excluding carboxylic acids is 1. The van der Waals surface area contributed by atoms with Crippen LogP contribution >= 0.6 is 0 Å². The summed E-state index contributed by atoms with van der Waals surface area (Å²) in [4.78, 5) is 19.0. The minimum absolute atomic E-state index is 0.114. The number of hydrogen-bond acceptors (Lipinski definition) is 3. The summed E-state index contributed by atoms with van der Waals surface area (Å²) in [6.45, 7) is 12.1. The molecule has 170 valence electrons. The molecule has 2 atom stereocenters. The summed E-state index contributed by atoms with van der Waals surface area (Å²) in [6, 6.07) is 12.0. The predicted octanol–water partition coefficient (Wildman–Crippen LogP) is 5.17. The monoisotopic (exact) mass is 435 g/mol. The largest absolute Gasteiger partial charge is 0.369 e. The van der Waals surface area contributed by atoms with Gasteiger partial charge >= 0.3 is 0 Å². The molecule has 4 nitrogen and oxygen atoms in total. The van der Waals surface area contributed by atoms with E-state index in [9.17, 15) is 4.79 Å². The fourth-order valence-electron chi connectivity index (χ4n) is 5.58. The number of carbonyl (C=O) groups is 1. The van der Waals surface area contributed by atoms with E-state index >= 15 is 4.39 Å². The van der Waals surface area contributed by atoms with Crippen molar-refractivity contribution in [3.8, 4) is 0 Å². The van der Waals surface area contributed by atoms with Crippen LogP contribution in [0.5, 0.6) is 0 Å². The third-order valence-corrected chi connectivity index (χ3v) is 7.91. The van der Waals surface area contributed by atoms with Gasteiger partial charge in [0, 0.05) is 12.6 Å². The molecule has 2 aromatic rings. The van der Waals surface area contributed by atoms with Gasteiger partial charge in [-0.3, -0.25) is 9.69 Å². The Hall–Kier alpha value is -2.69. The standard InChI is InChI=1S/C27H34FN3O/c1-16-8-10-20-19(12-16)18(15-25(20,2)3)13-17-9-11-22(28)21(14-17)27(6)26(4,5)23(32)31(7)24(29)30-27/h8-12,14,18H,13,15H2,1-7H3,(H2,29,30)/t18?,27-/m1/s1. The van der Waals surface area contributed by atoms with Crippen molar-refractivity contribution in [2.45, 2.75) is 71.3 Å². The first-order valence-electron chi connectivity index (χ1n) is 11.3. The first kappa shape index (κ1) is 22.5. The zero-order chi connectivity index (χ0) is 23.6. The molecule has 4 rings (SSSR count). The SMILES string of the molecule is Cc1ccc2c(c1)C(Cc1ccc(F)c([C@@]3(C)N=C(N)N(C)C(=O)C3(C)C)c1)CC2(C)C. The van der Waals surface area contributed by atoms with Crippen molar-refractivity contribution in [1.29, 1.82) is 0 Å². The van der Waals surface area contributed by atoms with Crippen molar-refractivity contribution in [2.24, 2.45) is 16.1 Å². The van der Waals surface area contributed by atoms with Crippen LogP contribution < -0.4 is 5.73 Å². The Kier molecular flexibility index (Phi) is 5.03. The van der Waals surface area contributed by atoms with Gasteiger partial charge in [0.2, 0.25) is 5.91 Å². The lowest BCUT2D eigenvalue weighted by Gasteiger charge is -2.46. The highest BCUT2D eigenvalue weighted by atomic mass is 19.1. The molecule has 0 radical (unpaired) electrons. The maximum atomic E-state index is 15.2. The van der Waals surface area contributed by atoms with E-state index in [-0.39, 0.29) is 23.1 Å². The zero-order valence-electron chi connectivity index (χ0n) is 20.2. The summed E-state index contributed by atoms with van der Waals surface area (Å²) in [5, 5.41) is 0. The highest BCUT2D eigenvalue weighted by Crippen LogP contribution is 2.49. The quantitative estimate of drug-likeness (QED) is 0.723. The minimum Gasteiger partial charge on any atom is -0.369 e. The molecule has 2 aromatic carbocycles. The summed E-state index contributed by atoms with van der Waals surface area (Å²) in [6.07, 6.45) is 1.87. The van der Waals surface area contributed by atoms with Crippen LogP contribution in [0.2, 0.25) is 0 Å². The van der Waals surface area contributed by atoms with Gasteiger partial charge < -0.3 is 5.73 Å². The van der Waals surface area contributed by atoms with Gasteiger partial charge in [-0.2, -0.15) is 0 Å². The molecular formula is C27H34FN3O. The smallest absolute Gasteiger partial charge is 0.237 e. The second-order valence-corrected chi connectivity index (χ2v) is 10.9. The van der Waals surface area contributed by atoms with Crippen LogP contribution in [0.3, 0.4) is 0 Å². The van der Waals surface area contributed by atoms with Crippen LogP contribution in [-0.2, 0) is 22.2 Å². The number of nitrogens with zero attached hydrogens (tertiary/aromatic N) is 2. The molecule has 0 fully saturated rings. The summed E-state index contributed by atoms with van der Waals surface area (Å²) in [5.41, 5.74) is 9.66. The van der Waals surface area contributed by atoms with Gasteiger partial charge in [-0.15, -0.1) is 0 Å². The number of guanidine groups is 1. The molecule has 1 heterocycles. The molecule has 1 unspecified atom stereocenters. The van der Waals surface area contributed by atoms with Crippen molar-refractivity contribution >= 4 is 11.9 Å². The Morgan fingerprint density at radius 1 is 1.09 bits per heavy atom. The van der Waals surface area contributed by atoms with E-state index in [0.29, 0.717) is 11.5 Å². The normalized spacial score (nSPS) is 26.1. The maximum absolute atomic E-state index is 15.2. The number of aliphatic imine (C=N–C) groups is 1. The molecule has 0 bridgehead atoms. The summed E-state index contributed by atoms with van der Waals surface area (Å²) in [7, 11) is 1.61. The second kappa shape index (κ2) is 7.16. The van der Waals surface area contributed by atoms with E-state index in [2.05, 4.69) is 44.0 Å². The molecule has 1 aliphatic heterocycles. The van der Waals surface area contributed by atoms with Crippen LogP contribution in [-0.4, -0.2) is 23.8 Å². The van der Waals surface area contributed by atoms with Crippen LogP contribution in [0.1, 0.15) is 74.8 Å². The molecule has 2 N–H and O–H groups in total. The van der Waals surface area contributed by atoms with Gasteiger partial charge in [0.05, 0.1) is 5.41 Å². The number of rotatable bonds is 3. The Bertz CT molecular complexity index is 1130. The fourth-order valence-corrected chi connectivity index (χ4v) is 5.58. The van der Waals surface area contributed by atoms with Crippen molar-refractivity contribution < 1.29 is 9.18 Å². The lowest BCUT2D eigenvalue weighted by Crippen LogP contribution is -2.58. The molecule has 0 spiro atoms. The van der Waals surface area contributed by atoms with Crippen LogP contribution in [0.25, 0.3) is 0 Å². The minimum atomic E-state index is -1.09. The molecular weight excluding hydrogens is 401 g/mol. The Labute approximate surface area is 190 Å². The fraction of sp³-hybridized carbons (Fsp3) is 0.481. The van der Waals surface area contributed by atoms with E-state index in [4.69, 9.17) is 5.73 Å². The average Bonchev–Trinajstić information content (AvgIpc) is 2.96. The van der Waals surface area contributed by atoms with Crippen LogP contribution in [0.15, 0.2) is 41.4 Å². The van der Waals surface area contributed by atoms with E-state index in [1.54, 1.807) is 7.05 Å². The highest BCUT2D eigenvalue weighted by Gasteiger charge is 2.53. The number of nitrogens with two attached hydrogens (primary N) is 1. The lowest BCUT2D eigenvalue weighted by atomic mass is 9.67. The van der Waals surface area contributed by atoms with Gasteiger partial charge in [0.1, 0.15) is 11.4 Å². The lowest BCUT2D eigenvalue weighted by molar-refractivity contribution is -0.140. The second-order valence-electron chi connectivity index (χ2n) is 10.9. The van der Waals surface area contributed by atoms with Crippen molar-refractivity contribution in [2.75, 3.05) is 7.05 Å². The third kappa shape index (κ3) is 3.25. The predicted molar refractivity (Wildman–Crippen MR) is 127 cm³/mol. The number of benzene rings is 2. The Morgan fingerprint density at radius 2 is 1.78 bits per heavy atom. The zero-order valence-corrected chi connectivity index (χ0v) is 20.2. The molecule has 0 saturated heterocycles. The first-order chi connectivity index (χ1) is 14.8. The van der Waals surface area contributed by atoms with E-state index < -0.39 is 11.0 Å². The molecule has 32 heavy (non-hydrogen) atoms. The van der Waals surface area contributed by atoms with Crippen molar-refractivity contribution in [3.63, 3.8) is 0 Å². The Morgan fingerprint density at radius 3 is 2.47 bits per heavy atom. The molecule has 0 saturated carbocycles. The molecule has 1 aliphatic carbocycles. The highest BCUT2D eigenvalue weighted by molar-refractivity contribution is 6.01. The maximum Gasteiger partial charge on any atom is 0.237 e. The van der Waals surface area contributed by atoms with Crippen molar-refractivity contribution in [3.05, 3.63) is 70.0 Å². The molecule has 2 aliphatic rings. The number of fused-ring (bicyclic) bond motifs is 1. The van der Waals surface area contributed by atoms with Crippen LogP contribution in [0, 0.1) is 18.2 Å².